The third-order valence-electron chi connectivity index (χ3n) is 3.67. The zero-order valence-electron chi connectivity index (χ0n) is 12.5. The zero-order valence-corrected chi connectivity index (χ0v) is 13.3. The summed E-state index contributed by atoms with van der Waals surface area (Å²) in [6.07, 6.45) is 3.51. The lowest BCUT2D eigenvalue weighted by Gasteiger charge is -2.22. The molecule has 0 radical (unpaired) electrons. The molecule has 1 aromatic carbocycles. The molecule has 118 valence electrons. The number of amides is 1. The predicted octanol–water partition coefficient (Wildman–Crippen LogP) is 2.73. The molecule has 1 aliphatic rings. The summed E-state index contributed by atoms with van der Waals surface area (Å²) >= 11 is 0. The molecule has 0 atom stereocenters. The van der Waals surface area contributed by atoms with Gasteiger partial charge in [-0.05, 0) is 31.9 Å². The molecular weight excluding hydrogens is 292 g/mol. The smallest absolute Gasteiger partial charge is 0.244 e. The van der Waals surface area contributed by atoms with Gasteiger partial charge in [0, 0.05) is 11.8 Å². The van der Waals surface area contributed by atoms with Crippen LogP contribution in [0.4, 0.5) is 5.69 Å². The molecule has 0 unspecified atom stereocenters. The first kappa shape index (κ1) is 17.6. The summed E-state index contributed by atoms with van der Waals surface area (Å²) < 4.78 is 10.7. The van der Waals surface area contributed by atoms with E-state index in [0.29, 0.717) is 23.8 Å². The summed E-state index contributed by atoms with van der Waals surface area (Å²) in [7, 11) is 1.57. The molecular formula is C15H23ClN2O3. The quantitative estimate of drug-likeness (QED) is 0.876. The lowest BCUT2D eigenvalue weighted by atomic mass is 9.98. The minimum atomic E-state index is -0.730. The van der Waals surface area contributed by atoms with Gasteiger partial charge in [-0.15, -0.1) is 12.4 Å². The number of carbonyl (C=O) groups excluding carboxylic acids is 1. The van der Waals surface area contributed by atoms with Crippen molar-refractivity contribution in [3.8, 4) is 11.5 Å². The maximum absolute atomic E-state index is 12.2. The van der Waals surface area contributed by atoms with Gasteiger partial charge in [-0.3, -0.25) is 4.79 Å². The van der Waals surface area contributed by atoms with Crippen LogP contribution in [-0.2, 0) is 4.79 Å². The van der Waals surface area contributed by atoms with Crippen LogP contribution in [0.1, 0.15) is 32.6 Å². The van der Waals surface area contributed by atoms with E-state index in [1.54, 1.807) is 25.3 Å². The highest BCUT2D eigenvalue weighted by atomic mass is 35.5. The van der Waals surface area contributed by atoms with E-state index in [1.165, 1.54) is 0 Å². The van der Waals surface area contributed by atoms with E-state index in [1.807, 2.05) is 6.92 Å². The molecule has 0 aliphatic heterocycles. The monoisotopic (exact) mass is 314 g/mol. The van der Waals surface area contributed by atoms with E-state index in [-0.39, 0.29) is 18.3 Å². The Hall–Kier alpha value is -1.46. The van der Waals surface area contributed by atoms with Crippen molar-refractivity contribution in [2.24, 2.45) is 5.73 Å². The highest BCUT2D eigenvalue weighted by Crippen LogP contribution is 2.32. The van der Waals surface area contributed by atoms with Crippen LogP contribution in [-0.4, -0.2) is 25.2 Å². The van der Waals surface area contributed by atoms with Gasteiger partial charge in [-0.1, -0.05) is 12.8 Å². The Morgan fingerprint density at radius 3 is 2.57 bits per heavy atom. The Morgan fingerprint density at radius 2 is 2.00 bits per heavy atom. The van der Waals surface area contributed by atoms with Crippen molar-refractivity contribution in [3.63, 3.8) is 0 Å². The SMILES string of the molecule is CCOc1ccc(NC(=O)C2(N)CCCC2)cc1OC.Cl. The van der Waals surface area contributed by atoms with Gasteiger partial charge in [0.1, 0.15) is 0 Å². The molecule has 6 heteroatoms. The number of benzene rings is 1. The molecule has 1 amide bonds. The number of nitrogens with two attached hydrogens (primary N) is 1. The van der Waals surface area contributed by atoms with Crippen LogP contribution in [0.15, 0.2) is 18.2 Å². The fraction of sp³-hybridized carbons (Fsp3) is 0.533. The van der Waals surface area contributed by atoms with Crippen molar-refractivity contribution in [1.29, 1.82) is 0 Å². The van der Waals surface area contributed by atoms with Gasteiger partial charge in [0.15, 0.2) is 11.5 Å². The van der Waals surface area contributed by atoms with Crippen LogP contribution in [0.5, 0.6) is 11.5 Å². The van der Waals surface area contributed by atoms with Crippen molar-refractivity contribution in [3.05, 3.63) is 18.2 Å². The number of anilines is 1. The molecule has 1 saturated carbocycles. The third-order valence-corrected chi connectivity index (χ3v) is 3.67. The number of hydrogen-bond donors (Lipinski definition) is 2. The number of carbonyl (C=O) groups is 1. The fourth-order valence-electron chi connectivity index (χ4n) is 2.51. The Morgan fingerprint density at radius 1 is 1.33 bits per heavy atom. The van der Waals surface area contributed by atoms with E-state index in [4.69, 9.17) is 15.2 Å². The topological polar surface area (TPSA) is 73.6 Å². The van der Waals surface area contributed by atoms with Gasteiger partial charge in [0.25, 0.3) is 0 Å². The Kier molecular flexibility index (Phi) is 6.30. The highest BCUT2D eigenvalue weighted by molar-refractivity contribution is 5.98. The average molecular weight is 315 g/mol. The number of hydrogen-bond acceptors (Lipinski definition) is 4. The summed E-state index contributed by atoms with van der Waals surface area (Å²) in [6.45, 7) is 2.47. The maximum Gasteiger partial charge on any atom is 0.244 e. The minimum absolute atomic E-state index is 0. The molecule has 0 aromatic heterocycles. The van der Waals surface area contributed by atoms with Gasteiger partial charge in [0.05, 0.1) is 19.3 Å². The van der Waals surface area contributed by atoms with Crippen molar-refractivity contribution in [2.75, 3.05) is 19.0 Å². The Labute approximate surface area is 131 Å². The number of methoxy groups -OCH3 is 1. The van der Waals surface area contributed by atoms with Gasteiger partial charge in [0.2, 0.25) is 5.91 Å². The van der Waals surface area contributed by atoms with E-state index < -0.39 is 5.54 Å². The lowest BCUT2D eigenvalue weighted by Crippen LogP contribution is -2.48. The van der Waals surface area contributed by atoms with Crippen molar-refractivity contribution >= 4 is 24.0 Å². The maximum atomic E-state index is 12.2. The third kappa shape index (κ3) is 4.02. The first-order valence-corrected chi connectivity index (χ1v) is 7.00. The van der Waals surface area contributed by atoms with Crippen molar-refractivity contribution < 1.29 is 14.3 Å². The second-order valence-corrected chi connectivity index (χ2v) is 5.12. The number of nitrogens with one attached hydrogen (secondary N) is 1. The van der Waals surface area contributed by atoms with Crippen LogP contribution in [0, 0.1) is 0 Å². The van der Waals surface area contributed by atoms with Crippen LogP contribution in [0.3, 0.4) is 0 Å². The van der Waals surface area contributed by atoms with Crippen LogP contribution >= 0.6 is 12.4 Å². The van der Waals surface area contributed by atoms with Gasteiger partial charge >= 0.3 is 0 Å². The standard InChI is InChI=1S/C15H22N2O3.ClH/c1-3-20-12-7-6-11(10-13(12)19-2)17-14(18)15(16)8-4-5-9-15;/h6-7,10H,3-5,8-9,16H2,1-2H3,(H,17,18);1H. The average Bonchev–Trinajstić information content (AvgIpc) is 2.89. The van der Waals surface area contributed by atoms with Crippen molar-refractivity contribution in [2.45, 2.75) is 38.1 Å². The fourth-order valence-corrected chi connectivity index (χ4v) is 2.51. The van der Waals surface area contributed by atoms with Gasteiger partial charge in [-0.25, -0.2) is 0 Å². The van der Waals surface area contributed by atoms with Crippen LogP contribution < -0.4 is 20.5 Å². The van der Waals surface area contributed by atoms with Crippen molar-refractivity contribution in [1.82, 2.24) is 0 Å². The molecule has 0 saturated heterocycles. The molecule has 0 spiro atoms. The van der Waals surface area contributed by atoms with E-state index in [9.17, 15) is 4.79 Å². The van der Waals surface area contributed by atoms with E-state index in [0.717, 1.165) is 25.7 Å². The van der Waals surface area contributed by atoms with Gasteiger partial charge in [-0.2, -0.15) is 0 Å². The highest BCUT2D eigenvalue weighted by Gasteiger charge is 2.37. The molecule has 0 bridgehead atoms. The number of rotatable bonds is 5. The molecule has 1 aromatic rings. The largest absolute Gasteiger partial charge is 0.493 e. The Balaban J connectivity index is 0.00000220. The summed E-state index contributed by atoms with van der Waals surface area (Å²) in [5, 5.41) is 2.87. The number of ether oxygens (including phenoxy) is 2. The summed E-state index contributed by atoms with van der Waals surface area (Å²) in [6, 6.07) is 5.33. The first-order chi connectivity index (χ1) is 9.59. The predicted molar refractivity (Wildman–Crippen MR) is 85.4 cm³/mol. The Bertz CT molecular complexity index is 488. The lowest BCUT2D eigenvalue weighted by molar-refractivity contribution is -0.121. The second kappa shape index (κ2) is 7.52. The summed E-state index contributed by atoms with van der Waals surface area (Å²) in [5.74, 6) is 1.14. The number of halogens is 1. The molecule has 0 heterocycles. The molecule has 21 heavy (non-hydrogen) atoms. The minimum Gasteiger partial charge on any atom is -0.493 e. The first-order valence-electron chi connectivity index (χ1n) is 7.00. The van der Waals surface area contributed by atoms with E-state index in [2.05, 4.69) is 5.32 Å². The second-order valence-electron chi connectivity index (χ2n) is 5.12. The summed E-state index contributed by atoms with van der Waals surface area (Å²) in [4.78, 5) is 12.2. The van der Waals surface area contributed by atoms with Crippen LogP contribution in [0.25, 0.3) is 0 Å². The van der Waals surface area contributed by atoms with Crippen LogP contribution in [0.2, 0.25) is 0 Å². The molecule has 1 fully saturated rings. The molecule has 5 nitrogen and oxygen atoms in total. The normalized spacial score (nSPS) is 16.0. The van der Waals surface area contributed by atoms with Gasteiger partial charge < -0.3 is 20.5 Å². The van der Waals surface area contributed by atoms with E-state index >= 15 is 0 Å². The summed E-state index contributed by atoms with van der Waals surface area (Å²) in [5.41, 5.74) is 6.07. The molecule has 3 N–H and O–H groups in total. The zero-order chi connectivity index (χ0) is 14.6. The molecule has 2 rings (SSSR count). The molecule has 1 aliphatic carbocycles.